The summed E-state index contributed by atoms with van der Waals surface area (Å²) in [6, 6.07) is 18.2. The lowest BCUT2D eigenvalue weighted by atomic mass is 10.1. The number of hydrogen-bond acceptors (Lipinski definition) is 4. The maximum atomic E-state index is 12.1. The van der Waals surface area contributed by atoms with Gasteiger partial charge in [-0.05, 0) is 12.1 Å². The smallest absolute Gasteiger partial charge is 0.258 e. The summed E-state index contributed by atoms with van der Waals surface area (Å²) in [7, 11) is 0. The summed E-state index contributed by atoms with van der Waals surface area (Å²) in [4.78, 5) is 16.2. The van der Waals surface area contributed by atoms with E-state index in [0.717, 1.165) is 5.56 Å². The molecular weight excluding hydrogens is 240 g/mol. The Morgan fingerprint density at radius 2 is 1.53 bits per heavy atom. The van der Waals surface area contributed by atoms with E-state index in [0.29, 0.717) is 11.5 Å². The molecule has 19 heavy (non-hydrogen) atoms. The maximum absolute atomic E-state index is 12.1. The van der Waals surface area contributed by atoms with Crippen molar-refractivity contribution in [1.29, 1.82) is 0 Å². The first-order valence-electron chi connectivity index (χ1n) is 5.83. The van der Waals surface area contributed by atoms with Crippen LogP contribution < -0.4 is 0 Å². The van der Waals surface area contributed by atoms with E-state index in [1.54, 1.807) is 24.3 Å². The summed E-state index contributed by atoms with van der Waals surface area (Å²) in [5.74, 6) is 0.177. The number of carbonyl (C=O) groups is 1. The Balaban J connectivity index is 1.92. The van der Waals surface area contributed by atoms with Crippen LogP contribution in [0.5, 0.6) is 0 Å². The fourth-order valence-corrected chi connectivity index (χ4v) is 1.73. The number of hydrogen-bond donors (Lipinski definition) is 0. The second-order valence-electron chi connectivity index (χ2n) is 3.98. The van der Waals surface area contributed by atoms with E-state index in [1.807, 2.05) is 36.4 Å². The molecule has 3 aromatic rings. The second-order valence-corrected chi connectivity index (χ2v) is 3.98. The maximum Gasteiger partial charge on any atom is 0.258 e. The zero-order chi connectivity index (χ0) is 13.1. The molecule has 4 heteroatoms. The highest BCUT2D eigenvalue weighted by molar-refractivity contribution is 6.06. The molecule has 3 rings (SSSR count). The molecule has 0 aliphatic carbocycles. The molecule has 0 amide bonds. The van der Waals surface area contributed by atoms with E-state index < -0.39 is 0 Å². The molecule has 0 saturated heterocycles. The summed E-state index contributed by atoms with van der Waals surface area (Å²) in [6.07, 6.45) is 0. The van der Waals surface area contributed by atoms with Gasteiger partial charge in [-0.15, -0.1) is 0 Å². The van der Waals surface area contributed by atoms with E-state index in [4.69, 9.17) is 4.52 Å². The largest absolute Gasteiger partial charge is 0.333 e. The first kappa shape index (κ1) is 11.3. The van der Waals surface area contributed by atoms with E-state index in [9.17, 15) is 4.79 Å². The van der Waals surface area contributed by atoms with Gasteiger partial charge in [-0.1, -0.05) is 53.7 Å². The van der Waals surface area contributed by atoms with Crippen LogP contribution in [0.3, 0.4) is 0 Å². The molecular formula is C15H10N2O2. The van der Waals surface area contributed by atoms with Crippen molar-refractivity contribution < 1.29 is 9.32 Å². The van der Waals surface area contributed by atoms with Gasteiger partial charge < -0.3 is 4.52 Å². The lowest BCUT2D eigenvalue weighted by Crippen LogP contribution is -2.03. The first-order valence-corrected chi connectivity index (χ1v) is 5.83. The second kappa shape index (κ2) is 4.86. The van der Waals surface area contributed by atoms with Crippen molar-refractivity contribution in [3.05, 3.63) is 72.1 Å². The summed E-state index contributed by atoms with van der Waals surface area (Å²) in [6.45, 7) is 0. The molecule has 4 nitrogen and oxygen atoms in total. The zero-order valence-electron chi connectivity index (χ0n) is 9.98. The molecule has 0 aliphatic rings. The SMILES string of the molecule is O=C(c1ccccc1)c1noc(-c2ccccc2)n1. The van der Waals surface area contributed by atoms with Gasteiger partial charge in [0.15, 0.2) is 0 Å². The lowest BCUT2D eigenvalue weighted by Gasteiger charge is -1.93. The Bertz CT molecular complexity index is 690. The van der Waals surface area contributed by atoms with Crippen LogP contribution in [-0.2, 0) is 0 Å². The summed E-state index contributed by atoms with van der Waals surface area (Å²) in [5.41, 5.74) is 1.34. The van der Waals surface area contributed by atoms with Crippen molar-refractivity contribution in [3.63, 3.8) is 0 Å². The van der Waals surface area contributed by atoms with Crippen molar-refractivity contribution in [2.24, 2.45) is 0 Å². The monoisotopic (exact) mass is 250 g/mol. The lowest BCUT2D eigenvalue weighted by molar-refractivity contribution is 0.102. The van der Waals surface area contributed by atoms with Crippen LogP contribution in [0, 0.1) is 0 Å². The minimum absolute atomic E-state index is 0.0741. The minimum atomic E-state index is -0.244. The third-order valence-electron chi connectivity index (χ3n) is 2.69. The van der Waals surface area contributed by atoms with Crippen LogP contribution in [0.1, 0.15) is 16.2 Å². The molecule has 92 valence electrons. The van der Waals surface area contributed by atoms with E-state index >= 15 is 0 Å². The zero-order valence-corrected chi connectivity index (χ0v) is 9.98. The highest BCUT2D eigenvalue weighted by Crippen LogP contribution is 2.17. The average Bonchev–Trinajstić information content (AvgIpc) is 2.98. The molecule has 0 fully saturated rings. The molecule has 0 bridgehead atoms. The van der Waals surface area contributed by atoms with Gasteiger partial charge in [-0.2, -0.15) is 4.98 Å². The minimum Gasteiger partial charge on any atom is -0.333 e. The topological polar surface area (TPSA) is 56.0 Å². The van der Waals surface area contributed by atoms with Gasteiger partial charge in [-0.3, -0.25) is 4.79 Å². The fourth-order valence-electron chi connectivity index (χ4n) is 1.73. The molecule has 1 aromatic heterocycles. The van der Waals surface area contributed by atoms with Gasteiger partial charge in [0.05, 0.1) is 0 Å². The number of ketones is 1. The molecule has 0 radical (unpaired) electrons. The summed E-state index contributed by atoms with van der Waals surface area (Å²) < 4.78 is 5.11. The van der Waals surface area contributed by atoms with E-state index in [-0.39, 0.29) is 11.6 Å². The fraction of sp³-hybridized carbons (Fsp3) is 0. The van der Waals surface area contributed by atoms with Gasteiger partial charge in [0.2, 0.25) is 11.6 Å². The van der Waals surface area contributed by atoms with Crippen LogP contribution >= 0.6 is 0 Å². The summed E-state index contributed by atoms with van der Waals surface area (Å²) >= 11 is 0. The predicted octanol–water partition coefficient (Wildman–Crippen LogP) is 2.97. The van der Waals surface area contributed by atoms with Gasteiger partial charge in [0, 0.05) is 11.1 Å². The Labute approximate surface area is 109 Å². The highest BCUT2D eigenvalue weighted by atomic mass is 16.5. The van der Waals surface area contributed by atoms with Crippen molar-refractivity contribution in [2.75, 3.05) is 0 Å². The van der Waals surface area contributed by atoms with Crippen LogP contribution in [0.15, 0.2) is 65.2 Å². The first-order chi connectivity index (χ1) is 9.34. The molecule has 0 atom stereocenters. The number of aromatic nitrogens is 2. The molecule has 0 unspecified atom stereocenters. The molecule has 0 spiro atoms. The number of nitrogens with zero attached hydrogens (tertiary/aromatic N) is 2. The van der Waals surface area contributed by atoms with Crippen LogP contribution in [0.4, 0.5) is 0 Å². The van der Waals surface area contributed by atoms with Crippen molar-refractivity contribution in [3.8, 4) is 11.5 Å². The van der Waals surface area contributed by atoms with Crippen molar-refractivity contribution >= 4 is 5.78 Å². The predicted molar refractivity (Wildman–Crippen MR) is 69.6 cm³/mol. The van der Waals surface area contributed by atoms with Crippen LogP contribution in [0.25, 0.3) is 11.5 Å². The summed E-state index contributed by atoms with van der Waals surface area (Å²) in [5, 5.41) is 3.73. The Morgan fingerprint density at radius 1 is 0.895 bits per heavy atom. The molecule has 0 N–H and O–H groups in total. The number of benzene rings is 2. The van der Waals surface area contributed by atoms with Gasteiger partial charge in [0.1, 0.15) is 0 Å². The Kier molecular flexibility index (Phi) is 2.90. The van der Waals surface area contributed by atoms with E-state index in [2.05, 4.69) is 10.1 Å². The van der Waals surface area contributed by atoms with Gasteiger partial charge in [0.25, 0.3) is 5.89 Å². The van der Waals surface area contributed by atoms with Crippen molar-refractivity contribution in [2.45, 2.75) is 0 Å². The number of rotatable bonds is 3. The van der Waals surface area contributed by atoms with Gasteiger partial charge in [-0.25, -0.2) is 0 Å². The highest BCUT2D eigenvalue weighted by Gasteiger charge is 2.16. The average molecular weight is 250 g/mol. The standard InChI is InChI=1S/C15H10N2O2/c18-13(11-7-3-1-4-8-11)14-16-15(19-17-14)12-9-5-2-6-10-12/h1-10H. The molecule has 0 saturated carbocycles. The Hall–Kier alpha value is -2.75. The third kappa shape index (κ3) is 2.28. The Morgan fingerprint density at radius 3 is 2.21 bits per heavy atom. The van der Waals surface area contributed by atoms with Crippen LogP contribution in [-0.4, -0.2) is 15.9 Å². The van der Waals surface area contributed by atoms with Crippen molar-refractivity contribution in [1.82, 2.24) is 10.1 Å². The van der Waals surface area contributed by atoms with Crippen LogP contribution in [0.2, 0.25) is 0 Å². The third-order valence-corrected chi connectivity index (χ3v) is 2.69. The van der Waals surface area contributed by atoms with Gasteiger partial charge >= 0.3 is 0 Å². The number of carbonyl (C=O) groups excluding carboxylic acids is 1. The normalized spacial score (nSPS) is 10.3. The molecule has 0 aliphatic heterocycles. The van der Waals surface area contributed by atoms with E-state index in [1.165, 1.54) is 0 Å². The molecule has 2 aromatic carbocycles. The molecule has 1 heterocycles. The quantitative estimate of drug-likeness (QED) is 0.670.